The molecular weight excluding hydrogens is 383 g/mol. The van der Waals surface area contributed by atoms with Crippen LogP contribution in [0.2, 0.25) is 10.0 Å². The van der Waals surface area contributed by atoms with Gasteiger partial charge in [-0.1, -0.05) is 41.4 Å². The van der Waals surface area contributed by atoms with E-state index in [1.54, 1.807) is 19.2 Å². The van der Waals surface area contributed by atoms with Crippen LogP contribution >= 0.6 is 23.2 Å². The van der Waals surface area contributed by atoms with E-state index in [9.17, 15) is 4.79 Å². The largest absolute Gasteiger partial charge is 0.497 e. The second-order valence-corrected chi connectivity index (χ2v) is 7.58. The molecule has 0 unspecified atom stereocenters. The van der Waals surface area contributed by atoms with E-state index in [4.69, 9.17) is 27.9 Å². The zero-order chi connectivity index (χ0) is 19.2. The average molecular weight is 407 g/mol. The van der Waals surface area contributed by atoms with Crippen molar-refractivity contribution in [1.82, 2.24) is 10.2 Å². The number of rotatable bonds is 7. The van der Waals surface area contributed by atoms with E-state index in [2.05, 4.69) is 16.3 Å². The summed E-state index contributed by atoms with van der Waals surface area (Å²) in [7, 11) is 1.67. The van der Waals surface area contributed by atoms with Crippen molar-refractivity contribution in [1.29, 1.82) is 0 Å². The zero-order valence-electron chi connectivity index (χ0n) is 15.4. The number of hydrogen-bond acceptors (Lipinski definition) is 3. The van der Waals surface area contributed by atoms with Gasteiger partial charge in [-0.3, -0.25) is 9.69 Å². The molecule has 1 aliphatic heterocycles. The topological polar surface area (TPSA) is 41.6 Å². The number of nitrogens with zero attached hydrogens (tertiary/aromatic N) is 1. The van der Waals surface area contributed by atoms with E-state index in [1.165, 1.54) is 12.8 Å². The van der Waals surface area contributed by atoms with Crippen LogP contribution in [0.5, 0.6) is 5.75 Å². The lowest BCUT2D eigenvalue weighted by Gasteiger charge is -2.28. The molecule has 1 amide bonds. The highest BCUT2D eigenvalue weighted by Crippen LogP contribution is 2.27. The predicted molar refractivity (Wildman–Crippen MR) is 110 cm³/mol. The van der Waals surface area contributed by atoms with Crippen molar-refractivity contribution >= 4 is 29.1 Å². The van der Waals surface area contributed by atoms with Gasteiger partial charge in [-0.15, -0.1) is 0 Å². The Labute approximate surface area is 170 Å². The summed E-state index contributed by atoms with van der Waals surface area (Å²) in [4.78, 5) is 14.9. The number of halogens is 2. The van der Waals surface area contributed by atoms with Crippen molar-refractivity contribution in [2.45, 2.75) is 25.3 Å². The SMILES string of the molecule is COc1cccc([C@H](CNC(=O)Cc2ccc(Cl)c(Cl)c2)N2CCCC2)c1. The molecule has 0 saturated carbocycles. The third-order valence-electron chi connectivity index (χ3n) is 4.90. The van der Waals surface area contributed by atoms with Crippen LogP contribution in [0.4, 0.5) is 0 Å². The Balaban J connectivity index is 1.66. The molecule has 0 aromatic heterocycles. The summed E-state index contributed by atoms with van der Waals surface area (Å²) in [5.74, 6) is 0.805. The first-order valence-corrected chi connectivity index (χ1v) is 9.91. The fourth-order valence-electron chi connectivity index (χ4n) is 3.47. The second kappa shape index (κ2) is 9.45. The molecule has 144 valence electrons. The minimum Gasteiger partial charge on any atom is -0.497 e. The van der Waals surface area contributed by atoms with E-state index in [1.807, 2.05) is 24.3 Å². The Morgan fingerprint density at radius 1 is 1.15 bits per heavy atom. The lowest BCUT2D eigenvalue weighted by atomic mass is 10.0. The Morgan fingerprint density at radius 3 is 2.63 bits per heavy atom. The van der Waals surface area contributed by atoms with Crippen molar-refractivity contribution in [3.63, 3.8) is 0 Å². The molecule has 3 rings (SSSR count). The van der Waals surface area contributed by atoms with Crippen LogP contribution in [0.25, 0.3) is 0 Å². The van der Waals surface area contributed by atoms with Gasteiger partial charge in [0.25, 0.3) is 0 Å². The number of hydrogen-bond donors (Lipinski definition) is 1. The van der Waals surface area contributed by atoms with Gasteiger partial charge in [0, 0.05) is 6.54 Å². The van der Waals surface area contributed by atoms with Crippen LogP contribution < -0.4 is 10.1 Å². The summed E-state index contributed by atoms with van der Waals surface area (Å²) in [6.45, 7) is 2.66. The Hall–Kier alpha value is -1.75. The highest BCUT2D eigenvalue weighted by molar-refractivity contribution is 6.42. The Morgan fingerprint density at radius 2 is 1.93 bits per heavy atom. The molecule has 4 nitrogen and oxygen atoms in total. The number of benzene rings is 2. The number of likely N-dealkylation sites (tertiary alicyclic amines) is 1. The van der Waals surface area contributed by atoms with Crippen molar-refractivity contribution in [3.8, 4) is 5.75 Å². The molecule has 1 heterocycles. The summed E-state index contributed by atoms with van der Waals surface area (Å²) in [6, 6.07) is 13.5. The highest BCUT2D eigenvalue weighted by Gasteiger charge is 2.24. The standard InChI is InChI=1S/C21H24Cl2N2O2/c1-27-17-6-4-5-16(13-17)20(25-9-2-3-10-25)14-24-21(26)12-15-7-8-18(22)19(23)11-15/h4-8,11,13,20H,2-3,9-10,12,14H2,1H3,(H,24,26)/t20-/m0/s1. The molecule has 1 fully saturated rings. The van der Waals surface area contributed by atoms with Gasteiger partial charge in [0.05, 0.1) is 29.6 Å². The summed E-state index contributed by atoms with van der Waals surface area (Å²) >= 11 is 12.0. The molecule has 0 spiro atoms. The molecule has 1 N–H and O–H groups in total. The summed E-state index contributed by atoms with van der Waals surface area (Å²) in [5.41, 5.74) is 2.01. The van der Waals surface area contributed by atoms with Gasteiger partial charge < -0.3 is 10.1 Å². The molecule has 0 aliphatic carbocycles. The highest BCUT2D eigenvalue weighted by atomic mass is 35.5. The van der Waals surface area contributed by atoms with Crippen molar-refractivity contribution in [2.75, 3.05) is 26.7 Å². The molecule has 0 radical (unpaired) electrons. The first-order chi connectivity index (χ1) is 13.1. The van der Waals surface area contributed by atoms with Crippen molar-refractivity contribution in [2.24, 2.45) is 0 Å². The fraction of sp³-hybridized carbons (Fsp3) is 0.381. The van der Waals surface area contributed by atoms with Gasteiger partial charge in [-0.25, -0.2) is 0 Å². The second-order valence-electron chi connectivity index (χ2n) is 6.76. The molecule has 6 heteroatoms. The van der Waals surface area contributed by atoms with Gasteiger partial charge in [0.1, 0.15) is 5.75 Å². The van der Waals surface area contributed by atoms with Gasteiger partial charge in [0.15, 0.2) is 0 Å². The molecule has 1 atom stereocenters. The van der Waals surface area contributed by atoms with Crippen LogP contribution in [0.15, 0.2) is 42.5 Å². The number of nitrogens with one attached hydrogen (secondary N) is 1. The zero-order valence-corrected chi connectivity index (χ0v) is 16.9. The first-order valence-electron chi connectivity index (χ1n) is 9.15. The van der Waals surface area contributed by atoms with Crippen LogP contribution in [-0.4, -0.2) is 37.6 Å². The summed E-state index contributed by atoms with van der Waals surface area (Å²) in [6.07, 6.45) is 2.66. The maximum Gasteiger partial charge on any atom is 0.224 e. The fourth-order valence-corrected chi connectivity index (χ4v) is 3.79. The molecule has 1 saturated heterocycles. The Bertz CT molecular complexity index is 792. The van der Waals surface area contributed by atoms with Gasteiger partial charge in [-0.05, 0) is 61.3 Å². The number of amides is 1. The maximum absolute atomic E-state index is 12.5. The lowest BCUT2D eigenvalue weighted by molar-refractivity contribution is -0.120. The molecular formula is C21H24Cl2N2O2. The predicted octanol–water partition coefficient (Wildman–Crippen LogP) is 4.50. The van der Waals surface area contributed by atoms with Crippen LogP contribution in [-0.2, 0) is 11.2 Å². The maximum atomic E-state index is 12.5. The number of ether oxygens (including phenoxy) is 1. The van der Waals surface area contributed by atoms with E-state index >= 15 is 0 Å². The molecule has 27 heavy (non-hydrogen) atoms. The van der Waals surface area contributed by atoms with E-state index in [0.29, 0.717) is 16.6 Å². The van der Waals surface area contributed by atoms with Crippen LogP contribution in [0, 0.1) is 0 Å². The summed E-state index contributed by atoms with van der Waals surface area (Å²) in [5, 5.41) is 4.04. The van der Waals surface area contributed by atoms with E-state index in [-0.39, 0.29) is 18.4 Å². The third-order valence-corrected chi connectivity index (χ3v) is 5.64. The minimum absolute atomic E-state index is 0.0273. The lowest BCUT2D eigenvalue weighted by Crippen LogP contribution is -2.37. The summed E-state index contributed by atoms with van der Waals surface area (Å²) < 4.78 is 5.36. The number of methoxy groups -OCH3 is 1. The normalized spacial score (nSPS) is 15.5. The Kier molecular flexibility index (Phi) is 7.00. The molecule has 2 aromatic carbocycles. The minimum atomic E-state index is -0.0273. The van der Waals surface area contributed by atoms with Gasteiger partial charge in [0.2, 0.25) is 5.91 Å². The van der Waals surface area contributed by atoms with E-state index < -0.39 is 0 Å². The van der Waals surface area contributed by atoms with Gasteiger partial charge in [-0.2, -0.15) is 0 Å². The average Bonchev–Trinajstić information content (AvgIpc) is 3.19. The van der Waals surface area contributed by atoms with E-state index in [0.717, 1.165) is 30.0 Å². The first kappa shape index (κ1) is 20.0. The smallest absolute Gasteiger partial charge is 0.224 e. The quantitative estimate of drug-likeness (QED) is 0.735. The number of carbonyl (C=O) groups is 1. The van der Waals surface area contributed by atoms with Crippen LogP contribution in [0.1, 0.15) is 30.0 Å². The third kappa shape index (κ3) is 5.38. The molecule has 1 aliphatic rings. The van der Waals surface area contributed by atoms with Crippen molar-refractivity contribution in [3.05, 3.63) is 63.6 Å². The molecule has 2 aromatic rings. The number of carbonyl (C=O) groups excluding carboxylic acids is 1. The van der Waals surface area contributed by atoms with Crippen molar-refractivity contribution < 1.29 is 9.53 Å². The van der Waals surface area contributed by atoms with Crippen LogP contribution in [0.3, 0.4) is 0 Å². The molecule has 0 bridgehead atoms. The van der Waals surface area contributed by atoms with Gasteiger partial charge >= 0.3 is 0 Å². The monoisotopic (exact) mass is 406 g/mol.